The van der Waals surface area contributed by atoms with E-state index < -0.39 is 10.0 Å². The van der Waals surface area contributed by atoms with Crippen LogP contribution in [-0.2, 0) is 21.2 Å². The third kappa shape index (κ3) is 4.30. The van der Waals surface area contributed by atoms with Gasteiger partial charge in [-0.2, -0.15) is 4.31 Å². The van der Waals surface area contributed by atoms with Crippen LogP contribution in [0.2, 0.25) is 0 Å². The summed E-state index contributed by atoms with van der Waals surface area (Å²) >= 11 is 0. The summed E-state index contributed by atoms with van der Waals surface area (Å²) in [5.74, 6) is 0. The van der Waals surface area contributed by atoms with Crippen LogP contribution in [0.5, 0.6) is 0 Å². The summed E-state index contributed by atoms with van der Waals surface area (Å²) in [6.45, 7) is 0.544. The molecule has 0 aromatic heterocycles. The lowest BCUT2D eigenvalue weighted by atomic mass is 10.1. The minimum atomic E-state index is -3.19. The Labute approximate surface area is 96.9 Å². The highest BCUT2D eigenvalue weighted by Crippen LogP contribution is 2.04. The Morgan fingerprint density at radius 1 is 1.25 bits per heavy atom. The number of hydrogen-bond acceptors (Lipinski definition) is 3. The van der Waals surface area contributed by atoms with Gasteiger partial charge in [-0.05, 0) is 12.0 Å². The highest BCUT2D eigenvalue weighted by atomic mass is 32.2. The predicted molar refractivity (Wildman–Crippen MR) is 63.6 cm³/mol. The van der Waals surface area contributed by atoms with Gasteiger partial charge < -0.3 is 4.74 Å². The first kappa shape index (κ1) is 13.2. The van der Waals surface area contributed by atoms with Crippen LogP contribution in [0.3, 0.4) is 0 Å². The summed E-state index contributed by atoms with van der Waals surface area (Å²) in [6, 6.07) is 9.78. The number of benzene rings is 1. The molecule has 0 aliphatic heterocycles. The first-order valence-electron chi connectivity index (χ1n) is 5.02. The first-order chi connectivity index (χ1) is 7.54. The summed E-state index contributed by atoms with van der Waals surface area (Å²) in [4.78, 5) is 0. The molecule has 4 nitrogen and oxygen atoms in total. The quantitative estimate of drug-likeness (QED) is 0.703. The van der Waals surface area contributed by atoms with Crippen molar-refractivity contribution >= 4 is 10.0 Å². The number of ether oxygens (including phenoxy) is 1. The Hall–Kier alpha value is -0.910. The van der Waals surface area contributed by atoms with Crippen LogP contribution in [0.1, 0.15) is 5.56 Å². The maximum atomic E-state index is 11.4. The van der Waals surface area contributed by atoms with Crippen molar-refractivity contribution in [1.29, 1.82) is 0 Å². The van der Waals surface area contributed by atoms with Gasteiger partial charge in [0, 0.05) is 13.7 Å². The number of rotatable bonds is 6. The van der Waals surface area contributed by atoms with Crippen molar-refractivity contribution in [3.8, 4) is 0 Å². The fraction of sp³-hybridized carbons (Fsp3) is 0.455. The van der Waals surface area contributed by atoms with E-state index in [9.17, 15) is 8.42 Å². The third-order valence-corrected chi connectivity index (χ3v) is 3.46. The van der Waals surface area contributed by atoms with Gasteiger partial charge in [-0.1, -0.05) is 30.3 Å². The minimum absolute atomic E-state index is 0.103. The fourth-order valence-corrected chi connectivity index (χ4v) is 2.09. The molecule has 0 spiro atoms. The zero-order valence-corrected chi connectivity index (χ0v) is 10.4. The Bertz CT molecular complexity index is 402. The molecule has 0 aliphatic rings. The van der Waals surface area contributed by atoms with E-state index in [-0.39, 0.29) is 6.73 Å². The zero-order valence-electron chi connectivity index (χ0n) is 9.59. The number of hydrogen-bond donors (Lipinski definition) is 0. The molecule has 0 N–H and O–H groups in total. The van der Waals surface area contributed by atoms with Crippen LogP contribution >= 0.6 is 0 Å². The van der Waals surface area contributed by atoms with Crippen LogP contribution < -0.4 is 0 Å². The maximum Gasteiger partial charge on any atom is 0.213 e. The van der Waals surface area contributed by atoms with E-state index >= 15 is 0 Å². The van der Waals surface area contributed by atoms with E-state index in [1.807, 2.05) is 30.3 Å². The van der Waals surface area contributed by atoms with Crippen molar-refractivity contribution < 1.29 is 13.2 Å². The van der Waals surface area contributed by atoms with Gasteiger partial charge in [0.1, 0.15) is 6.73 Å². The van der Waals surface area contributed by atoms with Gasteiger partial charge in [-0.25, -0.2) is 8.42 Å². The number of methoxy groups -OCH3 is 1. The Kier molecular flexibility index (Phi) is 4.92. The molecular formula is C11H17NO3S. The van der Waals surface area contributed by atoms with Gasteiger partial charge in [-0.3, -0.25) is 0 Å². The second kappa shape index (κ2) is 5.98. The van der Waals surface area contributed by atoms with Gasteiger partial charge in [0.25, 0.3) is 0 Å². The lowest BCUT2D eigenvalue weighted by Gasteiger charge is -2.18. The molecule has 90 valence electrons. The highest BCUT2D eigenvalue weighted by Gasteiger charge is 2.15. The van der Waals surface area contributed by atoms with Crippen molar-refractivity contribution in [2.75, 3.05) is 26.6 Å². The molecule has 0 unspecified atom stereocenters. The largest absolute Gasteiger partial charge is 0.368 e. The van der Waals surface area contributed by atoms with E-state index in [2.05, 4.69) is 0 Å². The van der Waals surface area contributed by atoms with Gasteiger partial charge in [0.15, 0.2) is 0 Å². The van der Waals surface area contributed by atoms with E-state index in [4.69, 9.17) is 4.74 Å². The van der Waals surface area contributed by atoms with Crippen molar-refractivity contribution in [2.45, 2.75) is 6.42 Å². The molecule has 5 heteroatoms. The SMILES string of the molecule is COCN(CCc1ccccc1)S(C)(=O)=O. The molecule has 0 heterocycles. The van der Waals surface area contributed by atoms with E-state index in [1.165, 1.54) is 17.7 Å². The summed E-state index contributed by atoms with van der Waals surface area (Å²) in [6.07, 6.45) is 1.88. The van der Waals surface area contributed by atoms with Crippen molar-refractivity contribution in [3.63, 3.8) is 0 Å². The lowest BCUT2D eigenvalue weighted by molar-refractivity contribution is 0.118. The van der Waals surface area contributed by atoms with E-state index in [0.717, 1.165) is 5.56 Å². The van der Waals surface area contributed by atoms with Gasteiger partial charge in [0.05, 0.1) is 6.26 Å². The number of sulfonamides is 1. The zero-order chi connectivity index (χ0) is 12.0. The van der Waals surface area contributed by atoms with Crippen LogP contribution in [0.15, 0.2) is 30.3 Å². The molecule has 0 amide bonds. The van der Waals surface area contributed by atoms with Gasteiger partial charge in [0.2, 0.25) is 10.0 Å². The van der Waals surface area contributed by atoms with Crippen molar-refractivity contribution in [3.05, 3.63) is 35.9 Å². The number of nitrogens with zero attached hydrogens (tertiary/aromatic N) is 1. The summed E-state index contributed by atoms with van der Waals surface area (Å²) in [7, 11) is -1.70. The topological polar surface area (TPSA) is 46.6 Å². The smallest absolute Gasteiger partial charge is 0.213 e. The molecule has 0 atom stereocenters. The maximum absolute atomic E-state index is 11.4. The average molecular weight is 243 g/mol. The van der Waals surface area contributed by atoms with Crippen LogP contribution in [-0.4, -0.2) is 39.4 Å². The Morgan fingerprint density at radius 3 is 2.38 bits per heavy atom. The standard InChI is InChI=1S/C11H17NO3S/c1-15-10-12(16(2,13)14)9-8-11-6-4-3-5-7-11/h3-7H,8-10H2,1-2H3. The van der Waals surface area contributed by atoms with Gasteiger partial charge in [-0.15, -0.1) is 0 Å². The van der Waals surface area contributed by atoms with Crippen LogP contribution in [0.25, 0.3) is 0 Å². The Morgan fingerprint density at radius 2 is 1.88 bits per heavy atom. The Balaban J connectivity index is 2.58. The molecule has 0 fully saturated rings. The van der Waals surface area contributed by atoms with E-state index in [1.54, 1.807) is 0 Å². The fourth-order valence-electron chi connectivity index (χ4n) is 1.37. The van der Waals surface area contributed by atoms with E-state index in [0.29, 0.717) is 13.0 Å². The molecule has 0 bridgehead atoms. The monoisotopic (exact) mass is 243 g/mol. The average Bonchev–Trinajstić information content (AvgIpc) is 2.24. The molecule has 0 saturated heterocycles. The van der Waals surface area contributed by atoms with Gasteiger partial charge >= 0.3 is 0 Å². The normalized spacial score (nSPS) is 11.9. The molecule has 1 aromatic carbocycles. The molecule has 0 saturated carbocycles. The molecule has 0 radical (unpaired) electrons. The first-order valence-corrected chi connectivity index (χ1v) is 6.87. The second-order valence-electron chi connectivity index (χ2n) is 3.59. The summed E-state index contributed by atoms with van der Waals surface area (Å²) < 4.78 is 29.0. The lowest BCUT2D eigenvalue weighted by Crippen LogP contribution is -2.33. The van der Waals surface area contributed by atoms with Crippen molar-refractivity contribution in [2.24, 2.45) is 0 Å². The molecule has 0 aliphatic carbocycles. The molecule has 1 rings (SSSR count). The second-order valence-corrected chi connectivity index (χ2v) is 5.57. The van der Waals surface area contributed by atoms with Crippen molar-refractivity contribution in [1.82, 2.24) is 4.31 Å². The van der Waals surface area contributed by atoms with Crippen LogP contribution in [0.4, 0.5) is 0 Å². The summed E-state index contributed by atoms with van der Waals surface area (Å²) in [5, 5.41) is 0. The van der Waals surface area contributed by atoms with Crippen LogP contribution in [0, 0.1) is 0 Å². The highest BCUT2D eigenvalue weighted by molar-refractivity contribution is 7.88. The minimum Gasteiger partial charge on any atom is -0.368 e. The molecule has 16 heavy (non-hydrogen) atoms. The molecular weight excluding hydrogens is 226 g/mol. The summed E-state index contributed by atoms with van der Waals surface area (Å²) in [5.41, 5.74) is 1.12. The molecule has 1 aromatic rings. The predicted octanol–water partition coefficient (Wildman–Crippen LogP) is 1.09. The third-order valence-electron chi connectivity index (χ3n) is 2.23.